The predicted molar refractivity (Wildman–Crippen MR) is 54.4 cm³/mol. The number of amides is 1. The summed E-state index contributed by atoms with van der Waals surface area (Å²) in [6, 6.07) is 0. The zero-order valence-corrected chi connectivity index (χ0v) is 8.38. The summed E-state index contributed by atoms with van der Waals surface area (Å²) in [5, 5.41) is 2.93. The van der Waals surface area contributed by atoms with Crippen LogP contribution in [0.15, 0.2) is 12.2 Å². The third-order valence-corrected chi connectivity index (χ3v) is 2.61. The quantitative estimate of drug-likeness (QED) is 0.665. The normalized spacial score (nSPS) is 19.2. The van der Waals surface area contributed by atoms with Gasteiger partial charge in [-0.05, 0) is 31.8 Å². The van der Waals surface area contributed by atoms with E-state index >= 15 is 0 Å². The van der Waals surface area contributed by atoms with Crippen LogP contribution in [-0.4, -0.2) is 12.5 Å². The van der Waals surface area contributed by atoms with Crippen LogP contribution in [-0.2, 0) is 4.79 Å². The summed E-state index contributed by atoms with van der Waals surface area (Å²) < 4.78 is 0. The molecule has 0 aromatic heterocycles. The second-order valence-electron chi connectivity index (χ2n) is 3.75. The van der Waals surface area contributed by atoms with Gasteiger partial charge in [-0.2, -0.15) is 0 Å². The number of allylic oxidation sites excluding steroid dienone is 1. The van der Waals surface area contributed by atoms with Crippen molar-refractivity contribution in [2.45, 2.75) is 39.0 Å². The van der Waals surface area contributed by atoms with Crippen molar-refractivity contribution in [3.05, 3.63) is 12.2 Å². The first kappa shape index (κ1) is 10.3. The van der Waals surface area contributed by atoms with E-state index in [2.05, 4.69) is 5.32 Å². The van der Waals surface area contributed by atoms with Gasteiger partial charge in [-0.25, -0.2) is 0 Å². The molecule has 0 radical (unpaired) electrons. The van der Waals surface area contributed by atoms with Gasteiger partial charge in [-0.3, -0.25) is 4.79 Å². The van der Waals surface area contributed by atoms with Gasteiger partial charge in [-0.1, -0.05) is 25.3 Å². The Morgan fingerprint density at radius 1 is 1.38 bits per heavy atom. The van der Waals surface area contributed by atoms with E-state index < -0.39 is 0 Å². The smallest absolute Gasteiger partial charge is 0.243 e. The summed E-state index contributed by atoms with van der Waals surface area (Å²) in [7, 11) is 0. The van der Waals surface area contributed by atoms with Crippen molar-refractivity contribution in [3.8, 4) is 0 Å². The van der Waals surface area contributed by atoms with Crippen LogP contribution in [0.4, 0.5) is 0 Å². The number of carbonyl (C=O) groups excluding carboxylic acids is 1. The Morgan fingerprint density at radius 2 is 2.08 bits per heavy atom. The standard InChI is InChI=1S/C11H19NO/c1-2-6-11(13)12-9-10-7-4-3-5-8-10/h2,6,10H,3-5,7-9H2,1H3,(H,12,13)/b6-2+. The van der Waals surface area contributed by atoms with E-state index in [9.17, 15) is 4.79 Å². The molecule has 0 spiro atoms. The first-order chi connectivity index (χ1) is 6.33. The van der Waals surface area contributed by atoms with Crippen molar-refractivity contribution in [2.75, 3.05) is 6.54 Å². The molecule has 0 atom stereocenters. The molecule has 0 aromatic rings. The molecule has 1 amide bonds. The minimum Gasteiger partial charge on any atom is -0.352 e. The lowest BCUT2D eigenvalue weighted by atomic mass is 9.89. The summed E-state index contributed by atoms with van der Waals surface area (Å²) in [6.45, 7) is 2.73. The summed E-state index contributed by atoms with van der Waals surface area (Å²) >= 11 is 0. The lowest BCUT2D eigenvalue weighted by Gasteiger charge is -2.21. The Balaban J connectivity index is 2.13. The van der Waals surface area contributed by atoms with E-state index in [1.807, 2.05) is 6.92 Å². The van der Waals surface area contributed by atoms with Crippen LogP contribution < -0.4 is 5.32 Å². The molecule has 1 aliphatic rings. The first-order valence-corrected chi connectivity index (χ1v) is 5.23. The Bertz CT molecular complexity index is 181. The fourth-order valence-electron chi connectivity index (χ4n) is 1.85. The van der Waals surface area contributed by atoms with Gasteiger partial charge >= 0.3 is 0 Å². The van der Waals surface area contributed by atoms with Crippen molar-refractivity contribution in [1.29, 1.82) is 0 Å². The number of carbonyl (C=O) groups is 1. The molecular formula is C11H19NO. The summed E-state index contributed by atoms with van der Waals surface area (Å²) in [4.78, 5) is 11.1. The highest BCUT2D eigenvalue weighted by molar-refractivity contribution is 5.87. The minimum absolute atomic E-state index is 0.0491. The molecular weight excluding hydrogens is 162 g/mol. The Kier molecular flexibility index (Phi) is 4.58. The summed E-state index contributed by atoms with van der Waals surface area (Å²) in [5.74, 6) is 0.774. The van der Waals surface area contributed by atoms with Crippen molar-refractivity contribution in [2.24, 2.45) is 5.92 Å². The molecule has 0 heterocycles. The van der Waals surface area contributed by atoms with Crippen LogP contribution in [0.1, 0.15) is 39.0 Å². The molecule has 74 valence electrons. The van der Waals surface area contributed by atoms with Crippen LogP contribution in [0, 0.1) is 5.92 Å². The third-order valence-electron chi connectivity index (χ3n) is 2.61. The lowest BCUT2D eigenvalue weighted by Crippen LogP contribution is -2.28. The predicted octanol–water partition coefficient (Wildman–Crippen LogP) is 2.26. The second-order valence-corrected chi connectivity index (χ2v) is 3.75. The maximum absolute atomic E-state index is 11.1. The third kappa shape index (κ3) is 4.11. The monoisotopic (exact) mass is 181 g/mol. The summed E-state index contributed by atoms with van der Waals surface area (Å²) in [5.41, 5.74) is 0. The molecule has 13 heavy (non-hydrogen) atoms. The average Bonchev–Trinajstić information content (AvgIpc) is 2.17. The highest BCUT2D eigenvalue weighted by Gasteiger charge is 2.13. The number of hydrogen-bond donors (Lipinski definition) is 1. The average molecular weight is 181 g/mol. The topological polar surface area (TPSA) is 29.1 Å². The van der Waals surface area contributed by atoms with Crippen LogP contribution in [0.2, 0.25) is 0 Å². The van der Waals surface area contributed by atoms with Crippen molar-refractivity contribution < 1.29 is 4.79 Å². The SMILES string of the molecule is C/C=C/C(=O)NCC1CCCCC1. The second kappa shape index (κ2) is 5.79. The highest BCUT2D eigenvalue weighted by Crippen LogP contribution is 2.22. The van der Waals surface area contributed by atoms with E-state index in [1.54, 1.807) is 12.2 Å². The molecule has 1 rings (SSSR count). The lowest BCUT2D eigenvalue weighted by molar-refractivity contribution is -0.116. The zero-order valence-electron chi connectivity index (χ0n) is 8.38. The van der Waals surface area contributed by atoms with Gasteiger partial charge in [0.1, 0.15) is 0 Å². The Labute approximate surface area is 80.4 Å². The molecule has 0 aromatic carbocycles. The van der Waals surface area contributed by atoms with Crippen LogP contribution in [0.25, 0.3) is 0 Å². The van der Waals surface area contributed by atoms with Crippen LogP contribution >= 0.6 is 0 Å². The fourth-order valence-corrected chi connectivity index (χ4v) is 1.85. The van der Waals surface area contributed by atoms with Gasteiger partial charge < -0.3 is 5.32 Å². The van der Waals surface area contributed by atoms with E-state index in [0.29, 0.717) is 0 Å². The van der Waals surface area contributed by atoms with Crippen molar-refractivity contribution in [1.82, 2.24) is 5.32 Å². The fraction of sp³-hybridized carbons (Fsp3) is 0.727. The Morgan fingerprint density at radius 3 is 2.69 bits per heavy atom. The molecule has 0 aliphatic heterocycles. The maximum atomic E-state index is 11.1. The number of nitrogens with one attached hydrogen (secondary N) is 1. The van der Waals surface area contributed by atoms with Gasteiger partial charge in [-0.15, -0.1) is 0 Å². The van der Waals surface area contributed by atoms with Gasteiger partial charge in [0.05, 0.1) is 0 Å². The van der Waals surface area contributed by atoms with E-state index in [-0.39, 0.29) is 5.91 Å². The first-order valence-electron chi connectivity index (χ1n) is 5.23. The molecule has 0 unspecified atom stereocenters. The molecule has 0 saturated heterocycles. The van der Waals surface area contributed by atoms with E-state index in [4.69, 9.17) is 0 Å². The van der Waals surface area contributed by atoms with E-state index in [0.717, 1.165) is 12.5 Å². The Hall–Kier alpha value is -0.790. The molecule has 1 saturated carbocycles. The minimum atomic E-state index is 0.0491. The molecule has 2 heteroatoms. The van der Waals surface area contributed by atoms with Gasteiger partial charge in [0, 0.05) is 6.54 Å². The van der Waals surface area contributed by atoms with Crippen LogP contribution in [0.5, 0.6) is 0 Å². The van der Waals surface area contributed by atoms with Gasteiger partial charge in [0.2, 0.25) is 5.91 Å². The molecule has 1 N–H and O–H groups in total. The van der Waals surface area contributed by atoms with Crippen molar-refractivity contribution in [3.63, 3.8) is 0 Å². The molecule has 1 aliphatic carbocycles. The largest absolute Gasteiger partial charge is 0.352 e. The van der Waals surface area contributed by atoms with E-state index in [1.165, 1.54) is 32.1 Å². The number of hydrogen-bond acceptors (Lipinski definition) is 1. The summed E-state index contributed by atoms with van der Waals surface area (Å²) in [6.07, 6.45) is 9.99. The van der Waals surface area contributed by atoms with Crippen LogP contribution in [0.3, 0.4) is 0 Å². The van der Waals surface area contributed by atoms with Gasteiger partial charge in [0.25, 0.3) is 0 Å². The molecule has 0 bridgehead atoms. The zero-order chi connectivity index (χ0) is 9.52. The molecule has 2 nitrogen and oxygen atoms in total. The molecule has 1 fully saturated rings. The maximum Gasteiger partial charge on any atom is 0.243 e. The van der Waals surface area contributed by atoms with Crippen molar-refractivity contribution >= 4 is 5.91 Å². The van der Waals surface area contributed by atoms with Gasteiger partial charge in [0.15, 0.2) is 0 Å². The highest BCUT2D eigenvalue weighted by atomic mass is 16.1. The number of rotatable bonds is 3.